The van der Waals surface area contributed by atoms with Crippen LogP contribution in [0.15, 0.2) is 53.0 Å². The van der Waals surface area contributed by atoms with E-state index in [-0.39, 0.29) is 30.5 Å². The van der Waals surface area contributed by atoms with Crippen LogP contribution in [0.3, 0.4) is 0 Å². The number of hydrogen-bond acceptors (Lipinski definition) is 4. The fourth-order valence-electron chi connectivity index (χ4n) is 7.88. The van der Waals surface area contributed by atoms with Crippen LogP contribution in [0.1, 0.15) is 70.4 Å². The monoisotopic (exact) mass is 643 g/mol. The van der Waals surface area contributed by atoms with Crippen LogP contribution in [0.2, 0.25) is 0 Å². The highest BCUT2D eigenvalue weighted by Gasteiger charge is 2.51. The molecule has 2 amide bonds. The average molecular weight is 645 g/mol. The lowest BCUT2D eigenvalue weighted by molar-refractivity contribution is -0.139. The summed E-state index contributed by atoms with van der Waals surface area (Å²) in [6.07, 6.45) is 8.91. The molecule has 7 nitrogen and oxygen atoms in total. The number of hydrogen-bond donors (Lipinski definition) is 1. The molecule has 0 aliphatic heterocycles. The van der Waals surface area contributed by atoms with E-state index in [0.29, 0.717) is 5.69 Å². The van der Waals surface area contributed by atoms with E-state index in [0.717, 1.165) is 34.0 Å². The third kappa shape index (κ3) is 6.66. The number of benzene rings is 2. The zero-order valence-electron chi connectivity index (χ0n) is 24.5. The van der Waals surface area contributed by atoms with Crippen LogP contribution < -0.4 is 9.62 Å². The number of nitrogens with zero attached hydrogens (tertiary/aromatic N) is 2. The van der Waals surface area contributed by atoms with Crippen LogP contribution in [-0.2, 0) is 31.6 Å². The average Bonchev–Trinajstić information content (AvgIpc) is 2.88. The van der Waals surface area contributed by atoms with E-state index in [9.17, 15) is 18.0 Å². The third-order valence-corrected chi connectivity index (χ3v) is 11.0. The Morgan fingerprint density at radius 2 is 1.56 bits per heavy atom. The van der Waals surface area contributed by atoms with E-state index in [1.807, 2.05) is 50.2 Å². The molecule has 0 heterocycles. The Hall–Kier alpha value is -2.39. The Balaban J connectivity index is 1.39. The van der Waals surface area contributed by atoms with Crippen LogP contribution in [0.4, 0.5) is 5.69 Å². The number of sulfonamides is 1. The first-order valence-corrected chi connectivity index (χ1v) is 17.4. The molecule has 4 saturated carbocycles. The van der Waals surface area contributed by atoms with E-state index in [2.05, 4.69) is 33.4 Å². The lowest BCUT2D eigenvalue weighted by Gasteiger charge is -2.57. The lowest BCUT2D eigenvalue weighted by atomic mass is 9.48. The summed E-state index contributed by atoms with van der Waals surface area (Å²) in [5.41, 5.74) is 2.81. The molecular formula is C32H42BrN3O4S. The number of carbonyl (C=O) groups excluding carboxylic acids is 2. The highest BCUT2D eigenvalue weighted by molar-refractivity contribution is 9.10. The molecule has 2 aromatic carbocycles. The number of nitrogens with one attached hydrogen (secondary N) is 1. The Labute approximate surface area is 253 Å². The summed E-state index contributed by atoms with van der Waals surface area (Å²) < 4.78 is 28.1. The molecule has 1 N–H and O–H groups in total. The molecule has 41 heavy (non-hydrogen) atoms. The minimum atomic E-state index is -3.77. The van der Waals surface area contributed by atoms with E-state index < -0.39 is 22.0 Å². The van der Waals surface area contributed by atoms with Gasteiger partial charge in [-0.05, 0) is 118 Å². The molecule has 4 fully saturated rings. The minimum Gasteiger partial charge on any atom is -0.352 e. The number of halogens is 1. The van der Waals surface area contributed by atoms with E-state index in [4.69, 9.17) is 0 Å². The fraction of sp³-hybridized carbons (Fsp3) is 0.562. The van der Waals surface area contributed by atoms with Gasteiger partial charge in [-0.15, -0.1) is 0 Å². The van der Waals surface area contributed by atoms with E-state index in [1.165, 1.54) is 53.3 Å². The summed E-state index contributed by atoms with van der Waals surface area (Å²) in [7, 11) is -3.77. The van der Waals surface area contributed by atoms with Crippen molar-refractivity contribution in [2.24, 2.45) is 17.8 Å². The Morgan fingerprint density at radius 3 is 2.07 bits per heavy atom. The van der Waals surface area contributed by atoms with Crippen molar-refractivity contribution in [1.82, 2.24) is 10.2 Å². The van der Waals surface area contributed by atoms with Crippen LogP contribution >= 0.6 is 15.9 Å². The normalized spacial score (nSPS) is 25.7. The molecule has 1 atom stereocenters. The zero-order valence-corrected chi connectivity index (χ0v) is 26.9. The van der Waals surface area contributed by atoms with Crippen molar-refractivity contribution in [2.75, 3.05) is 17.1 Å². The van der Waals surface area contributed by atoms with Gasteiger partial charge in [0, 0.05) is 17.1 Å². The molecule has 9 heteroatoms. The third-order valence-electron chi connectivity index (χ3n) is 9.33. The maximum absolute atomic E-state index is 13.8. The number of anilines is 1. The van der Waals surface area contributed by atoms with Gasteiger partial charge in [0.2, 0.25) is 21.8 Å². The van der Waals surface area contributed by atoms with Gasteiger partial charge >= 0.3 is 0 Å². The van der Waals surface area contributed by atoms with Crippen molar-refractivity contribution in [3.05, 3.63) is 64.1 Å². The van der Waals surface area contributed by atoms with Gasteiger partial charge in [-0.25, -0.2) is 8.42 Å². The van der Waals surface area contributed by atoms with Crippen molar-refractivity contribution in [3.8, 4) is 0 Å². The number of carbonyl (C=O) groups is 2. The first kappa shape index (κ1) is 30.1. The maximum Gasteiger partial charge on any atom is 0.244 e. The van der Waals surface area contributed by atoms with Gasteiger partial charge in [-0.3, -0.25) is 13.9 Å². The van der Waals surface area contributed by atoms with E-state index >= 15 is 0 Å². The molecule has 4 bridgehead atoms. The predicted molar refractivity (Wildman–Crippen MR) is 166 cm³/mol. The number of rotatable bonds is 10. The van der Waals surface area contributed by atoms with Gasteiger partial charge in [0.25, 0.3) is 0 Å². The second-order valence-electron chi connectivity index (χ2n) is 13.0. The smallest absolute Gasteiger partial charge is 0.244 e. The van der Waals surface area contributed by atoms with Crippen molar-refractivity contribution >= 4 is 43.5 Å². The van der Waals surface area contributed by atoms with Crippen LogP contribution in [-0.4, -0.2) is 50.0 Å². The molecule has 0 aromatic heterocycles. The van der Waals surface area contributed by atoms with Gasteiger partial charge in [-0.2, -0.15) is 0 Å². The Kier molecular flexibility index (Phi) is 8.59. The van der Waals surface area contributed by atoms with Gasteiger partial charge in [0.1, 0.15) is 12.6 Å². The van der Waals surface area contributed by atoms with Gasteiger partial charge in [-0.1, -0.05) is 40.2 Å². The van der Waals surface area contributed by atoms with Crippen LogP contribution in [0.25, 0.3) is 0 Å². The van der Waals surface area contributed by atoms with Gasteiger partial charge < -0.3 is 10.2 Å². The molecule has 4 aliphatic rings. The van der Waals surface area contributed by atoms with Crippen molar-refractivity contribution < 1.29 is 18.0 Å². The SMILES string of the molecule is CC(C)NC(=O)[C@H](C)N(Cc1cccc(Br)c1)C(=O)CN(c1ccc(C23CC4CC(CC(C4)C2)C3)cc1)S(C)(=O)=O. The summed E-state index contributed by atoms with van der Waals surface area (Å²) in [6.45, 7) is 5.20. The topological polar surface area (TPSA) is 86.8 Å². The molecule has 0 unspecified atom stereocenters. The number of amides is 2. The fourth-order valence-corrected chi connectivity index (χ4v) is 9.18. The minimum absolute atomic E-state index is 0.0900. The molecule has 2 aromatic rings. The summed E-state index contributed by atoms with van der Waals surface area (Å²) in [4.78, 5) is 28.2. The Morgan fingerprint density at radius 1 is 0.976 bits per heavy atom. The molecule has 4 aliphatic carbocycles. The second-order valence-corrected chi connectivity index (χ2v) is 15.8. The molecule has 0 spiro atoms. The Bertz CT molecular complexity index is 1360. The maximum atomic E-state index is 13.8. The summed E-state index contributed by atoms with van der Waals surface area (Å²) in [6, 6.07) is 14.5. The summed E-state index contributed by atoms with van der Waals surface area (Å²) in [5, 5.41) is 2.88. The van der Waals surface area contributed by atoms with Crippen LogP contribution in [0.5, 0.6) is 0 Å². The van der Waals surface area contributed by atoms with Gasteiger partial charge in [0.05, 0.1) is 11.9 Å². The summed E-state index contributed by atoms with van der Waals surface area (Å²) in [5.74, 6) is 1.73. The first-order chi connectivity index (χ1) is 19.3. The molecule has 6 rings (SSSR count). The molecule has 222 valence electrons. The van der Waals surface area contributed by atoms with Crippen LogP contribution in [0, 0.1) is 17.8 Å². The van der Waals surface area contributed by atoms with Crippen molar-refractivity contribution in [2.45, 2.75) is 83.3 Å². The first-order valence-electron chi connectivity index (χ1n) is 14.8. The highest BCUT2D eigenvalue weighted by Crippen LogP contribution is 2.60. The van der Waals surface area contributed by atoms with Crippen molar-refractivity contribution in [3.63, 3.8) is 0 Å². The quantitative estimate of drug-likeness (QED) is 0.364. The van der Waals surface area contributed by atoms with Crippen molar-refractivity contribution in [1.29, 1.82) is 0 Å². The van der Waals surface area contributed by atoms with Gasteiger partial charge in [0.15, 0.2) is 0 Å². The molecule has 0 saturated heterocycles. The highest BCUT2D eigenvalue weighted by atomic mass is 79.9. The van der Waals surface area contributed by atoms with E-state index in [1.54, 1.807) is 6.92 Å². The predicted octanol–water partition coefficient (Wildman–Crippen LogP) is 5.62. The standard InChI is InChI=1S/C32H42BrN3O4S/c1-21(2)34-31(38)22(3)35(19-23-6-5-7-28(33)15-23)30(37)20-36(41(4,39)40)29-10-8-27(9-11-29)32-16-24-12-25(17-32)14-26(13-24)18-32/h5-11,15,21-22,24-26H,12-14,16-20H2,1-4H3,(H,34,38)/t22-,24?,25?,26?,32?/m0/s1. The molecular weight excluding hydrogens is 602 g/mol. The zero-order chi connectivity index (χ0) is 29.5. The second kappa shape index (κ2) is 11.7. The summed E-state index contributed by atoms with van der Waals surface area (Å²) >= 11 is 3.47. The lowest BCUT2D eigenvalue weighted by Crippen LogP contribution is -2.52. The molecule has 0 radical (unpaired) electrons. The largest absolute Gasteiger partial charge is 0.352 e.